The molecule has 18 heavy (non-hydrogen) atoms. The number of hydrogen-bond donors (Lipinski definition) is 1. The fourth-order valence-electron chi connectivity index (χ4n) is 2.24. The van der Waals surface area contributed by atoms with E-state index in [0.717, 1.165) is 17.6 Å². The van der Waals surface area contributed by atoms with Gasteiger partial charge < -0.3 is 10.2 Å². The largest absolute Gasteiger partial charge is 0.310 e. The molecule has 0 saturated heterocycles. The third kappa shape index (κ3) is 5.51. The number of halogens is 1. The minimum Gasteiger partial charge on any atom is -0.310 e. The average molecular weight is 313 g/mol. The van der Waals surface area contributed by atoms with Crippen molar-refractivity contribution < 1.29 is 0 Å². The van der Waals surface area contributed by atoms with Crippen molar-refractivity contribution in [2.45, 2.75) is 26.8 Å². The summed E-state index contributed by atoms with van der Waals surface area (Å²) < 4.78 is 1.14. The summed E-state index contributed by atoms with van der Waals surface area (Å²) in [6.07, 6.45) is 0. The topological polar surface area (TPSA) is 15.3 Å². The van der Waals surface area contributed by atoms with Crippen LogP contribution >= 0.6 is 15.9 Å². The molecular weight excluding hydrogens is 288 g/mol. The lowest BCUT2D eigenvalue weighted by atomic mass is 9.92. The molecule has 1 atom stereocenters. The Morgan fingerprint density at radius 1 is 1.33 bits per heavy atom. The molecule has 1 N–H and O–H groups in total. The molecular formula is C15H25BrN2. The van der Waals surface area contributed by atoms with Crippen LogP contribution in [0.3, 0.4) is 0 Å². The van der Waals surface area contributed by atoms with Crippen LogP contribution in [0, 0.1) is 5.41 Å². The Morgan fingerprint density at radius 2 is 2.00 bits per heavy atom. The molecule has 0 saturated carbocycles. The van der Waals surface area contributed by atoms with Crippen LogP contribution in [0.5, 0.6) is 0 Å². The first kappa shape index (κ1) is 15.7. The summed E-state index contributed by atoms with van der Waals surface area (Å²) in [5.41, 5.74) is 1.61. The van der Waals surface area contributed by atoms with Gasteiger partial charge in [-0.3, -0.25) is 0 Å². The van der Waals surface area contributed by atoms with Crippen LogP contribution < -0.4 is 5.32 Å². The van der Waals surface area contributed by atoms with Gasteiger partial charge >= 0.3 is 0 Å². The molecule has 0 amide bonds. The van der Waals surface area contributed by atoms with E-state index in [-0.39, 0.29) is 5.41 Å². The average Bonchev–Trinajstić information content (AvgIpc) is 2.24. The van der Waals surface area contributed by atoms with Crippen LogP contribution in [0.25, 0.3) is 0 Å². The van der Waals surface area contributed by atoms with Crippen LogP contribution in [-0.4, -0.2) is 32.1 Å². The van der Waals surface area contributed by atoms with Gasteiger partial charge in [0.05, 0.1) is 0 Å². The Hall–Kier alpha value is -0.380. The van der Waals surface area contributed by atoms with Gasteiger partial charge in [-0.2, -0.15) is 0 Å². The molecule has 0 bridgehead atoms. The molecule has 0 aromatic heterocycles. The summed E-state index contributed by atoms with van der Waals surface area (Å²) in [5.74, 6) is 0. The van der Waals surface area contributed by atoms with Crippen LogP contribution in [-0.2, 0) is 0 Å². The van der Waals surface area contributed by atoms with Gasteiger partial charge in [0.15, 0.2) is 0 Å². The third-order valence-electron chi connectivity index (χ3n) is 2.98. The molecule has 0 aliphatic heterocycles. The number of nitrogens with zero attached hydrogens (tertiary/aromatic N) is 1. The molecule has 102 valence electrons. The molecule has 0 radical (unpaired) electrons. The second-order valence-corrected chi connectivity index (χ2v) is 6.98. The van der Waals surface area contributed by atoms with E-state index in [2.05, 4.69) is 85.3 Å². The molecule has 1 unspecified atom stereocenters. The van der Waals surface area contributed by atoms with E-state index in [0.29, 0.717) is 6.04 Å². The summed E-state index contributed by atoms with van der Waals surface area (Å²) in [5, 5.41) is 3.62. The Morgan fingerprint density at radius 3 is 2.56 bits per heavy atom. The monoisotopic (exact) mass is 312 g/mol. The van der Waals surface area contributed by atoms with Crippen molar-refractivity contribution in [2.24, 2.45) is 5.41 Å². The second kappa shape index (κ2) is 6.69. The Kier molecular flexibility index (Phi) is 5.83. The Bertz CT molecular complexity index is 375. The zero-order valence-corrected chi connectivity index (χ0v) is 13.7. The van der Waals surface area contributed by atoms with Gasteiger partial charge in [0.2, 0.25) is 0 Å². The highest BCUT2D eigenvalue weighted by atomic mass is 79.9. The van der Waals surface area contributed by atoms with E-state index >= 15 is 0 Å². The molecule has 0 aliphatic rings. The summed E-state index contributed by atoms with van der Waals surface area (Å²) >= 11 is 3.52. The van der Waals surface area contributed by atoms with Crippen molar-refractivity contribution in [1.29, 1.82) is 0 Å². The van der Waals surface area contributed by atoms with Gasteiger partial charge in [-0.15, -0.1) is 0 Å². The quantitative estimate of drug-likeness (QED) is 0.862. The highest BCUT2D eigenvalue weighted by Crippen LogP contribution is 2.20. The van der Waals surface area contributed by atoms with E-state index < -0.39 is 0 Å². The minimum atomic E-state index is 0.282. The number of rotatable bonds is 6. The molecule has 0 heterocycles. The van der Waals surface area contributed by atoms with Gasteiger partial charge in [0.25, 0.3) is 0 Å². The lowest BCUT2D eigenvalue weighted by Gasteiger charge is -2.30. The Balaban J connectivity index is 2.53. The van der Waals surface area contributed by atoms with Crippen molar-refractivity contribution in [2.75, 3.05) is 27.2 Å². The first-order chi connectivity index (χ1) is 8.30. The predicted octanol–water partition coefficient (Wildman–Crippen LogP) is 3.69. The van der Waals surface area contributed by atoms with Crippen molar-refractivity contribution in [1.82, 2.24) is 10.2 Å². The molecule has 1 aromatic carbocycles. The van der Waals surface area contributed by atoms with E-state index in [1.54, 1.807) is 0 Å². The van der Waals surface area contributed by atoms with Gasteiger partial charge in [-0.25, -0.2) is 0 Å². The SMILES string of the molecule is CC(NCC(C)(C)CN(C)C)c1cccc(Br)c1. The lowest BCUT2D eigenvalue weighted by molar-refractivity contribution is 0.227. The standard InChI is InChI=1S/C15H25BrN2/c1-12(13-7-6-8-14(16)9-13)17-10-15(2,3)11-18(4)5/h6-9,12,17H,10-11H2,1-5H3. The normalized spacial score (nSPS) is 13.9. The lowest BCUT2D eigenvalue weighted by Crippen LogP contribution is -2.38. The fourth-order valence-corrected chi connectivity index (χ4v) is 2.65. The van der Waals surface area contributed by atoms with E-state index in [4.69, 9.17) is 0 Å². The number of benzene rings is 1. The van der Waals surface area contributed by atoms with Crippen molar-refractivity contribution in [3.63, 3.8) is 0 Å². The van der Waals surface area contributed by atoms with Gasteiger partial charge in [0.1, 0.15) is 0 Å². The van der Waals surface area contributed by atoms with Crippen molar-refractivity contribution in [3.05, 3.63) is 34.3 Å². The van der Waals surface area contributed by atoms with Crippen molar-refractivity contribution in [3.8, 4) is 0 Å². The first-order valence-corrected chi connectivity index (χ1v) is 7.23. The van der Waals surface area contributed by atoms with Gasteiger partial charge in [0, 0.05) is 23.6 Å². The van der Waals surface area contributed by atoms with Crippen molar-refractivity contribution >= 4 is 15.9 Å². The van der Waals surface area contributed by atoms with Crippen LogP contribution in [0.2, 0.25) is 0 Å². The zero-order valence-electron chi connectivity index (χ0n) is 12.1. The zero-order chi connectivity index (χ0) is 13.8. The smallest absolute Gasteiger partial charge is 0.0292 e. The highest BCUT2D eigenvalue weighted by molar-refractivity contribution is 9.10. The molecule has 1 aromatic rings. The maximum Gasteiger partial charge on any atom is 0.0292 e. The van der Waals surface area contributed by atoms with Crippen LogP contribution in [0.4, 0.5) is 0 Å². The van der Waals surface area contributed by atoms with Crippen LogP contribution in [0.15, 0.2) is 28.7 Å². The minimum absolute atomic E-state index is 0.282. The van der Waals surface area contributed by atoms with E-state index in [1.807, 2.05) is 0 Å². The maximum absolute atomic E-state index is 3.62. The number of hydrogen-bond acceptors (Lipinski definition) is 2. The predicted molar refractivity (Wildman–Crippen MR) is 82.9 cm³/mol. The molecule has 3 heteroatoms. The molecule has 1 rings (SSSR count). The first-order valence-electron chi connectivity index (χ1n) is 6.44. The van der Waals surface area contributed by atoms with E-state index in [1.165, 1.54) is 5.56 Å². The summed E-state index contributed by atoms with van der Waals surface area (Å²) in [7, 11) is 4.25. The molecule has 0 spiro atoms. The second-order valence-electron chi connectivity index (χ2n) is 6.06. The summed E-state index contributed by atoms with van der Waals surface area (Å²) in [4.78, 5) is 2.24. The number of nitrogens with one attached hydrogen (secondary N) is 1. The highest BCUT2D eigenvalue weighted by Gasteiger charge is 2.19. The van der Waals surface area contributed by atoms with Gasteiger partial charge in [-0.1, -0.05) is 41.9 Å². The maximum atomic E-state index is 3.62. The molecule has 2 nitrogen and oxygen atoms in total. The fraction of sp³-hybridized carbons (Fsp3) is 0.600. The third-order valence-corrected chi connectivity index (χ3v) is 3.47. The summed E-state index contributed by atoms with van der Waals surface area (Å²) in [6.45, 7) is 8.92. The van der Waals surface area contributed by atoms with Gasteiger partial charge in [-0.05, 0) is 44.1 Å². The molecule has 0 fully saturated rings. The van der Waals surface area contributed by atoms with E-state index in [9.17, 15) is 0 Å². The molecule has 0 aliphatic carbocycles. The van der Waals surface area contributed by atoms with Crippen LogP contribution in [0.1, 0.15) is 32.4 Å². The summed E-state index contributed by atoms with van der Waals surface area (Å²) in [6, 6.07) is 8.87. The Labute approximate surface area is 120 Å².